The highest BCUT2D eigenvalue weighted by molar-refractivity contribution is 8.00. The van der Waals surface area contributed by atoms with E-state index >= 15 is 0 Å². The smallest absolute Gasteiger partial charge is 0.321 e. The lowest BCUT2D eigenvalue weighted by atomic mass is 9.87. The van der Waals surface area contributed by atoms with Gasteiger partial charge in [-0.05, 0) is 19.3 Å². The van der Waals surface area contributed by atoms with E-state index in [9.17, 15) is 19.8 Å². The summed E-state index contributed by atoms with van der Waals surface area (Å²) in [4.78, 5) is 25.6. The fraction of sp³-hybridized carbons (Fsp3) is 0.882. The molecule has 3 aliphatic heterocycles. The molecule has 0 saturated carbocycles. The molecule has 0 bridgehead atoms. The Morgan fingerprint density at radius 3 is 2.56 bits per heavy atom. The lowest BCUT2D eigenvalue weighted by Gasteiger charge is -2.29. The molecular weight excluding hydrogens is 390 g/mol. The molecule has 1 unspecified atom stereocenters. The maximum Gasteiger partial charge on any atom is 0.321 e. The molecule has 4 N–H and O–H groups in total. The van der Waals surface area contributed by atoms with Crippen molar-refractivity contribution in [3.05, 3.63) is 0 Å². The number of thioether (sulfide) groups is 1. The number of carboxylic acids is 1. The van der Waals surface area contributed by atoms with Gasteiger partial charge in [-0.1, -0.05) is 6.92 Å². The number of nitrogens with zero attached hydrogens (tertiary/aromatic N) is 1. The van der Waals surface area contributed by atoms with Gasteiger partial charge in [0.2, 0.25) is 5.91 Å². The number of carbonyl (C=O) groups is 2. The lowest BCUT2D eigenvalue weighted by molar-refractivity contribution is -0.139. The van der Waals surface area contributed by atoms with E-state index in [4.69, 9.17) is 4.18 Å². The molecular formula is C17H29N3O5S2. The molecule has 0 aromatic heterocycles. The summed E-state index contributed by atoms with van der Waals surface area (Å²) in [5.41, 5.74) is -0.0848. The Morgan fingerprint density at radius 1 is 1.37 bits per heavy atom. The second kappa shape index (κ2) is 8.46. The normalized spacial score (nSPS) is 40.6. The maximum absolute atomic E-state index is 12.2. The van der Waals surface area contributed by atoms with Gasteiger partial charge in [0.05, 0.1) is 12.1 Å². The molecule has 1 amide bonds. The van der Waals surface area contributed by atoms with E-state index in [0.29, 0.717) is 13.0 Å². The first-order valence-electron chi connectivity index (χ1n) is 9.29. The molecule has 27 heavy (non-hydrogen) atoms. The molecule has 3 rings (SSSR count). The van der Waals surface area contributed by atoms with Gasteiger partial charge < -0.3 is 20.4 Å². The predicted octanol–water partition coefficient (Wildman–Crippen LogP) is -0.0305. The lowest BCUT2D eigenvalue weighted by Crippen LogP contribution is -2.46. The molecule has 3 heterocycles. The third-order valence-corrected chi connectivity index (χ3v) is 8.21. The van der Waals surface area contributed by atoms with Crippen LogP contribution < -0.4 is 10.6 Å². The highest BCUT2D eigenvalue weighted by Crippen LogP contribution is 2.47. The molecule has 3 aliphatic rings. The SMILES string of the molecule is C[C@@H]1[C@H]([C@@H]([C@@H](C)O)[C@H]2OS2)NC(C(=O)O)[C@H]1S[C@@H]1CN[C@@H](C(=O)N(C)C)C1. The first-order valence-corrected chi connectivity index (χ1v) is 11.0. The number of carbonyl (C=O) groups excluding carboxylic acids is 1. The van der Waals surface area contributed by atoms with Gasteiger partial charge in [-0.15, -0.1) is 0 Å². The van der Waals surface area contributed by atoms with Crippen LogP contribution in [0, 0.1) is 11.8 Å². The maximum atomic E-state index is 12.2. The molecule has 10 heteroatoms. The molecule has 154 valence electrons. The van der Waals surface area contributed by atoms with Gasteiger partial charge in [0.25, 0.3) is 0 Å². The second-order valence-electron chi connectivity index (χ2n) is 7.90. The standard InChI is InChI=1S/C17H29N3O5S2/c1-7-12(11(8(2)21)17-25-27-17)19-13(16(23)24)14(7)26-9-5-10(18-6-9)15(22)20(3)4/h7-14,17-19,21H,5-6H2,1-4H3,(H,23,24)/t7-,8-,9+,10-,11-,12-,13?,14+,17+/m1/s1. The summed E-state index contributed by atoms with van der Waals surface area (Å²) in [5.74, 6) is -0.908. The minimum Gasteiger partial charge on any atom is -0.480 e. The van der Waals surface area contributed by atoms with Crippen LogP contribution in [0.2, 0.25) is 0 Å². The zero-order valence-electron chi connectivity index (χ0n) is 16.0. The van der Waals surface area contributed by atoms with Crippen LogP contribution in [0.25, 0.3) is 0 Å². The Balaban J connectivity index is 1.68. The van der Waals surface area contributed by atoms with E-state index in [1.165, 1.54) is 12.0 Å². The van der Waals surface area contributed by atoms with Crippen molar-refractivity contribution in [3.8, 4) is 0 Å². The topological polar surface area (TPSA) is 114 Å². The zero-order valence-corrected chi connectivity index (χ0v) is 17.6. The number of aliphatic hydroxyl groups excluding tert-OH is 1. The molecule has 0 aromatic carbocycles. The van der Waals surface area contributed by atoms with Crippen molar-refractivity contribution < 1.29 is 24.0 Å². The van der Waals surface area contributed by atoms with Crippen LogP contribution in [-0.2, 0) is 13.8 Å². The van der Waals surface area contributed by atoms with Crippen LogP contribution in [0.3, 0.4) is 0 Å². The molecule has 9 atom stereocenters. The van der Waals surface area contributed by atoms with Gasteiger partial charge >= 0.3 is 5.97 Å². The van der Waals surface area contributed by atoms with Crippen LogP contribution in [0.15, 0.2) is 0 Å². The van der Waals surface area contributed by atoms with Crippen molar-refractivity contribution in [1.82, 2.24) is 15.5 Å². The minimum absolute atomic E-state index is 0.0560. The van der Waals surface area contributed by atoms with Crippen LogP contribution in [0.4, 0.5) is 0 Å². The average molecular weight is 420 g/mol. The first-order chi connectivity index (χ1) is 12.7. The summed E-state index contributed by atoms with van der Waals surface area (Å²) in [7, 11) is 3.49. The van der Waals surface area contributed by atoms with E-state index in [-0.39, 0.29) is 45.8 Å². The summed E-state index contributed by atoms with van der Waals surface area (Å²) in [6.45, 7) is 4.47. The number of likely N-dealkylation sites (N-methyl/N-ethyl adjacent to an activating group) is 1. The minimum atomic E-state index is -0.873. The third-order valence-electron chi connectivity index (χ3n) is 5.72. The number of carboxylic acid groups (broad SMARTS) is 1. The second-order valence-corrected chi connectivity index (χ2v) is 10.2. The first kappa shape index (κ1) is 21.2. The van der Waals surface area contributed by atoms with Gasteiger partial charge in [0, 0.05) is 55.1 Å². The summed E-state index contributed by atoms with van der Waals surface area (Å²) in [6.07, 6.45) is 0.113. The van der Waals surface area contributed by atoms with E-state index in [1.807, 2.05) is 6.92 Å². The van der Waals surface area contributed by atoms with Crippen molar-refractivity contribution in [3.63, 3.8) is 0 Å². The van der Waals surface area contributed by atoms with E-state index in [0.717, 1.165) is 0 Å². The number of aliphatic carboxylic acids is 1. The number of nitrogens with one attached hydrogen (secondary N) is 2. The van der Waals surface area contributed by atoms with Gasteiger partial charge in [-0.25, -0.2) is 0 Å². The van der Waals surface area contributed by atoms with Crippen molar-refractivity contribution in [2.24, 2.45) is 11.8 Å². The quantitative estimate of drug-likeness (QED) is 0.334. The van der Waals surface area contributed by atoms with Crippen molar-refractivity contribution >= 4 is 35.7 Å². The van der Waals surface area contributed by atoms with E-state index < -0.39 is 18.1 Å². The summed E-state index contributed by atoms with van der Waals surface area (Å²) in [5, 5.41) is 26.5. The molecule has 3 fully saturated rings. The fourth-order valence-corrected chi connectivity index (χ4v) is 6.65. The Morgan fingerprint density at radius 2 is 2.04 bits per heavy atom. The third kappa shape index (κ3) is 4.56. The average Bonchev–Trinajstić information content (AvgIpc) is 3.22. The number of aliphatic hydroxyl groups is 1. The largest absolute Gasteiger partial charge is 0.480 e. The van der Waals surface area contributed by atoms with E-state index in [1.54, 1.807) is 37.7 Å². The van der Waals surface area contributed by atoms with Crippen LogP contribution in [0.5, 0.6) is 0 Å². The van der Waals surface area contributed by atoms with E-state index in [2.05, 4.69) is 10.6 Å². The number of hydrogen-bond acceptors (Lipinski definition) is 8. The molecule has 0 spiro atoms. The Kier molecular flexibility index (Phi) is 6.64. The number of rotatable bonds is 7. The monoisotopic (exact) mass is 419 g/mol. The summed E-state index contributed by atoms with van der Waals surface area (Å²) in [6, 6.07) is -1.01. The Labute approximate surface area is 168 Å². The molecule has 3 saturated heterocycles. The van der Waals surface area contributed by atoms with Crippen molar-refractivity contribution in [2.75, 3.05) is 20.6 Å². The van der Waals surface area contributed by atoms with Gasteiger partial charge in [0.1, 0.15) is 11.5 Å². The number of hydrogen-bond donors (Lipinski definition) is 4. The summed E-state index contributed by atoms with van der Waals surface area (Å²) < 4.78 is 5.33. The van der Waals surface area contributed by atoms with Gasteiger partial charge in [-0.3, -0.25) is 19.1 Å². The molecule has 0 aliphatic carbocycles. The highest BCUT2D eigenvalue weighted by Gasteiger charge is 2.53. The predicted molar refractivity (Wildman–Crippen MR) is 105 cm³/mol. The van der Waals surface area contributed by atoms with Crippen LogP contribution in [-0.4, -0.2) is 87.8 Å². The van der Waals surface area contributed by atoms with Crippen molar-refractivity contribution in [2.45, 2.75) is 60.4 Å². The highest BCUT2D eigenvalue weighted by atomic mass is 32.2. The van der Waals surface area contributed by atoms with Gasteiger partial charge in [-0.2, -0.15) is 11.8 Å². The van der Waals surface area contributed by atoms with Crippen molar-refractivity contribution in [1.29, 1.82) is 0 Å². The number of amides is 1. The molecule has 0 aromatic rings. The summed E-state index contributed by atoms with van der Waals surface area (Å²) >= 11 is 2.99. The van der Waals surface area contributed by atoms with Crippen LogP contribution in [0.1, 0.15) is 20.3 Å². The zero-order chi connectivity index (χ0) is 19.9. The molecule has 8 nitrogen and oxygen atoms in total. The Hall–Kier alpha value is -0.520. The molecule has 0 radical (unpaired) electrons. The van der Waals surface area contributed by atoms with Crippen LogP contribution >= 0.6 is 23.8 Å². The Bertz CT molecular complexity index is 573. The fourth-order valence-electron chi connectivity index (χ4n) is 4.22. The van der Waals surface area contributed by atoms with Gasteiger partial charge in [0.15, 0.2) is 0 Å².